The van der Waals surface area contributed by atoms with Crippen LogP contribution in [0.3, 0.4) is 0 Å². The Hall–Kier alpha value is 0.200. The molecular weight excluding hydrogens is 140 g/mol. The first-order chi connectivity index (χ1) is 2.94. The van der Waals surface area contributed by atoms with Crippen LogP contribution in [0.1, 0.15) is 6.92 Å². The molecule has 0 aromatic rings. The molecule has 0 aromatic carbocycles. The first kappa shape index (κ1) is 7.20. The molecule has 0 aliphatic carbocycles. The number of alkyl halides is 1. The van der Waals surface area contributed by atoms with Crippen molar-refractivity contribution < 1.29 is 13.0 Å². The number of halogens is 1. The predicted molar refractivity (Wildman–Crippen MR) is 25.0 cm³/mol. The summed E-state index contributed by atoms with van der Waals surface area (Å²) in [4.78, 5) is 0. The van der Waals surface area contributed by atoms with Crippen LogP contribution in [0, 0.1) is 0 Å². The highest BCUT2D eigenvalue weighted by Crippen LogP contribution is 1.99. The minimum absolute atomic E-state index is 1.11. The standard InChI is InChI=1S/C2H5ClO3S/c1-2(3)7(4,5)6/h2H,1H3,(H,4,5,6)/p-1. The molecule has 0 radical (unpaired) electrons. The van der Waals surface area contributed by atoms with Crippen molar-refractivity contribution >= 4 is 21.7 Å². The van der Waals surface area contributed by atoms with Gasteiger partial charge in [0.15, 0.2) is 0 Å². The van der Waals surface area contributed by atoms with Crippen molar-refractivity contribution in [2.24, 2.45) is 0 Å². The van der Waals surface area contributed by atoms with Gasteiger partial charge in [-0.15, -0.1) is 11.6 Å². The lowest BCUT2D eigenvalue weighted by Crippen LogP contribution is -2.08. The number of hydrogen-bond acceptors (Lipinski definition) is 3. The molecule has 0 fully saturated rings. The molecule has 0 saturated carbocycles. The largest absolute Gasteiger partial charge is 0.747 e. The zero-order chi connectivity index (χ0) is 6.08. The smallest absolute Gasteiger partial charge is 0.120 e. The molecule has 0 aliphatic heterocycles. The fourth-order valence-electron chi connectivity index (χ4n) is 0. The van der Waals surface area contributed by atoms with Crippen molar-refractivity contribution in [1.29, 1.82) is 0 Å². The van der Waals surface area contributed by atoms with Gasteiger partial charge in [-0.25, -0.2) is 8.42 Å². The minimum Gasteiger partial charge on any atom is -0.747 e. The maximum atomic E-state index is 9.64. The normalized spacial score (nSPS) is 16.4. The Balaban J connectivity index is 4.10. The number of rotatable bonds is 1. The van der Waals surface area contributed by atoms with Gasteiger partial charge in [0.1, 0.15) is 14.8 Å². The highest BCUT2D eigenvalue weighted by atomic mass is 35.5. The second kappa shape index (κ2) is 1.98. The molecule has 44 valence electrons. The monoisotopic (exact) mass is 143 g/mol. The van der Waals surface area contributed by atoms with Crippen LogP contribution in [-0.2, 0) is 10.1 Å². The van der Waals surface area contributed by atoms with E-state index in [1.807, 2.05) is 0 Å². The number of hydrogen-bond donors (Lipinski definition) is 0. The summed E-state index contributed by atoms with van der Waals surface area (Å²) in [5, 5.41) is 0. The Morgan fingerprint density at radius 2 is 1.86 bits per heavy atom. The van der Waals surface area contributed by atoms with Gasteiger partial charge in [-0.1, -0.05) is 0 Å². The summed E-state index contributed by atoms with van der Waals surface area (Å²) in [6.45, 7) is 1.11. The summed E-state index contributed by atoms with van der Waals surface area (Å²) >= 11 is 4.85. The Morgan fingerprint density at radius 1 is 1.71 bits per heavy atom. The summed E-state index contributed by atoms with van der Waals surface area (Å²) < 4.78 is 27.6. The van der Waals surface area contributed by atoms with Gasteiger partial charge in [-0.2, -0.15) is 0 Å². The average molecular weight is 144 g/mol. The van der Waals surface area contributed by atoms with E-state index in [0.29, 0.717) is 0 Å². The molecule has 0 aromatic heterocycles. The van der Waals surface area contributed by atoms with E-state index in [0.717, 1.165) is 6.92 Å². The van der Waals surface area contributed by atoms with E-state index in [1.165, 1.54) is 0 Å². The molecule has 0 N–H and O–H groups in total. The molecule has 1 unspecified atom stereocenters. The van der Waals surface area contributed by atoms with E-state index in [-0.39, 0.29) is 0 Å². The minimum atomic E-state index is -4.23. The van der Waals surface area contributed by atoms with Crippen LogP contribution in [0.15, 0.2) is 0 Å². The second-order valence-electron chi connectivity index (χ2n) is 1.04. The lowest BCUT2D eigenvalue weighted by atomic mass is 11.0. The first-order valence-electron chi connectivity index (χ1n) is 1.53. The molecule has 3 nitrogen and oxygen atoms in total. The van der Waals surface area contributed by atoms with Crippen LogP contribution in [0.25, 0.3) is 0 Å². The molecule has 0 bridgehead atoms. The van der Waals surface area contributed by atoms with Gasteiger partial charge in [0, 0.05) is 0 Å². The third-order valence-corrected chi connectivity index (χ3v) is 1.85. The van der Waals surface area contributed by atoms with Crippen LogP contribution >= 0.6 is 11.6 Å². The van der Waals surface area contributed by atoms with Crippen LogP contribution in [0.4, 0.5) is 0 Å². The SMILES string of the molecule is CC(Cl)S(=O)(=O)[O-]. The van der Waals surface area contributed by atoms with Crippen LogP contribution < -0.4 is 0 Å². The maximum Gasteiger partial charge on any atom is 0.120 e. The maximum absolute atomic E-state index is 9.64. The molecule has 7 heavy (non-hydrogen) atoms. The van der Waals surface area contributed by atoms with Gasteiger partial charge >= 0.3 is 0 Å². The highest BCUT2D eigenvalue weighted by Gasteiger charge is 2.01. The van der Waals surface area contributed by atoms with E-state index in [1.54, 1.807) is 0 Å². The summed E-state index contributed by atoms with van der Waals surface area (Å²) in [6.07, 6.45) is 0. The van der Waals surface area contributed by atoms with Gasteiger partial charge < -0.3 is 4.55 Å². The van der Waals surface area contributed by atoms with E-state index in [2.05, 4.69) is 0 Å². The molecule has 0 aliphatic rings. The first-order valence-corrected chi connectivity index (χ1v) is 3.44. The highest BCUT2D eigenvalue weighted by molar-refractivity contribution is 7.87. The van der Waals surface area contributed by atoms with Crippen molar-refractivity contribution in [2.45, 2.75) is 11.6 Å². The Labute approximate surface area is 47.0 Å². The van der Waals surface area contributed by atoms with Gasteiger partial charge in [0.2, 0.25) is 0 Å². The summed E-state index contributed by atoms with van der Waals surface area (Å²) in [7, 11) is -4.23. The van der Waals surface area contributed by atoms with Crippen LogP contribution in [-0.4, -0.2) is 17.7 Å². The Kier molecular flexibility index (Phi) is 2.04. The molecule has 0 rings (SSSR count). The average Bonchev–Trinajstić information content (AvgIpc) is 1.31. The molecule has 5 heteroatoms. The second-order valence-corrected chi connectivity index (χ2v) is 3.64. The molecule has 1 atom stereocenters. The van der Waals surface area contributed by atoms with Crippen molar-refractivity contribution in [3.05, 3.63) is 0 Å². The topological polar surface area (TPSA) is 57.2 Å². The predicted octanol–water partition coefficient (Wildman–Crippen LogP) is 0.116. The van der Waals surface area contributed by atoms with E-state index < -0.39 is 14.8 Å². The van der Waals surface area contributed by atoms with Gasteiger partial charge in [-0.3, -0.25) is 0 Å². The molecular formula is C2H4ClO3S-. The van der Waals surface area contributed by atoms with E-state index in [9.17, 15) is 13.0 Å². The fraction of sp³-hybridized carbons (Fsp3) is 1.00. The molecule has 0 saturated heterocycles. The lowest BCUT2D eigenvalue weighted by molar-refractivity contribution is 0.461. The quantitative estimate of drug-likeness (QED) is 0.387. The summed E-state index contributed by atoms with van der Waals surface area (Å²) in [5.74, 6) is 0. The van der Waals surface area contributed by atoms with Gasteiger partial charge in [0.05, 0.1) is 0 Å². The Morgan fingerprint density at radius 3 is 1.86 bits per heavy atom. The van der Waals surface area contributed by atoms with E-state index in [4.69, 9.17) is 11.6 Å². The Bertz CT molecular complexity index is 135. The molecule has 0 heterocycles. The van der Waals surface area contributed by atoms with Crippen LogP contribution in [0.5, 0.6) is 0 Å². The molecule has 0 spiro atoms. The third kappa shape index (κ3) is 2.85. The molecule has 0 amide bonds. The van der Waals surface area contributed by atoms with Crippen molar-refractivity contribution in [3.63, 3.8) is 0 Å². The third-order valence-electron chi connectivity index (χ3n) is 0.398. The van der Waals surface area contributed by atoms with Crippen molar-refractivity contribution in [2.75, 3.05) is 0 Å². The van der Waals surface area contributed by atoms with Crippen molar-refractivity contribution in [1.82, 2.24) is 0 Å². The fourth-order valence-corrected chi connectivity index (χ4v) is 0. The van der Waals surface area contributed by atoms with Gasteiger partial charge in [-0.05, 0) is 6.92 Å². The summed E-state index contributed by atoms with van der Waals surface area (Å²) in [5.41, 5.74) is 0. The van der Waals surface area contributed by atoms with Crippen LogP contribution in [0.2, 0.25) is 0 Å². The zero-order valence-electron chi connectivity index (χ0n) is 3.59. The zero-order valence-corrected chi connectivity index (χ0v) is 5.16. The summed E-state index contributed by atoms with van der Waals surface area (Å²) in [6, 6.07) is 0. The van der Waals surface area contributed by atoms with E-state index >= 15 is 0 Å². The van der Waals surface area contributed by atoms with Gasteiger partial charge in [0.25, 0.3) is 0 Å². The lowest BCUT2D eigenvalue weighted by Gasteiger charge is -2.06. The van der Waals surface area contributed by atoms with Crippen molar-refractivity contribution in [3.8, 4) is 0 Å².